The molecule has 6 nitrogen and oxygen atoms in total. The van der Waals surface area contributed by atoms with E-state index in [-0.39, 0.29) is 28.1 Å². The Bertz CT molecular complexity index is 534. The average molecular weight is 319 g/mol. The molecule has 108 valence electrons. The van der Waals surface area contributed by atoms with Crippen LogP contribution in [-0.4, -0.2) is 38.0 Å². The lowest BCUT2D eigenvalue weighted by Crippen LogP contribution is -2.37. The molecule has 0 heterocycles. The summed E-state index contributed by atoms with van der Waals surface area (Å²) in [7, 11) is 1.44. The summed E-state index contributed by atoms with van der Waals surface area (Å²) in [6.07, 6.45) is 0. The molecule has 1 aromatic rings. The van der Waals surface area contributed by atoms with Crippen molar-refractivity contribution in [3.63, 3.8) is 0 Å². The largest absolute Gasteiger partial charge is 0.452 e. The zero-order chi connectivity index (χ0) is 15.1. The second-order valence-electron chi connectivity index (χ2n) is 3.63. The first kappa shape index (κ1) is 16.3. The van der Waals surface area contributed by atoms with E-state index in [0.717, 1.165) is 0 Å². The van der Waals surface area contributed by atoms with Gasteiger partial charge in [-0.1, -0.05) is 29.3 Å². The fraction of sp³-hybridized carbons (Fsp3) is 0.250. The van der Waals surface area contributed by atoms with Crippen molar-refractivity contribution in [3.05, 3.63) is 33.8 Å². The van der Waals surface area contributed by atoms with Crippen LogP contribution in [0.1, 0.15) is 10.4 Å². The molecule has 8 heteroatoms. The van der Waals surface area contributed by atoms with Gasteiger partial charge >= 0.3 is 5.97 Å². The molecule has 0 aromatic heterocycles. The Morgan fingerprint density at radius 3 is 2.55 bits per heavy atom. The average Bonchev–Trinajstić information content (AvgIpc) is 2.44. The Morgan fingerprint density at radius 2 is 1.90 bits per heavy atom. The van der Waals surface area contributed by atoms with Gasteiger partial charge in [-0.25, -0.2) is 4.79 Å². The monoisotopic (exact) mass is 318 g/mol. The van der Waals surface area contributed by atoms with E-state index >= 15 is 0 Å². The van der Waals surface area contributed by atoms with Crippen molar-refractivity contribution in [3.8, 4) is 0 Å². The van der Waals surface area contributed by atoms with E-state index < -0.39 is 18.5 Å². The number of hydrogen-bond donors (Lipinski definition) is 2. The summed E-state index contributed by atoms with van der Waals surface area (Å²) in [4.78, 5) is 33.9. The molecule has 0 fully saturated rings. The molecular formula is C12H12Cl2N2O4. The number of nitrogens with one attached hydrogen (secondary N) is 2. The Hall–Kier alpha value is -1.79. The highest BCUT2D eigenvalue weighted by atomic mass is 35.5. The lowest BCUT2D eigenvalue weighted by atomic mass is 10.2. The third kappa shape index (κ3) is 4.71. The summed E-state index contributed by atoms with van der Waals surface area (Å²) >= 11 is 11.6. The molecule has 2 amide bonds. The molecule has 0 aliphatic carbocycles. The summed E-state index contributed by atoms with van der Waals surface area (Å²) in [5.74, 6) is -1.73. The summed E-state index contributed by atoms with van der Waals surface area (Å²) in [6, 6.07) is 4.49. The van der Waals surface area contributed by atoms with Gasteiger partial charge in [0.15, 0.2) is 6.61 Å². The molecule has 0 spiro atoms. The number of carbonyl (C=O) groups is 3. The number of rotatable bonds is 5. The molecule has 0 unspecified atom stereocenters. The highest BCUT2D eigenvalue weighted by molar-refractivity contribution is 6.43. The number of hydrogen-bond acceptors (Lipinski definition) is 4. The van der Waals surface area contributed by atoms with Crippen molar-refractivity contribution in [2.24, 2.45) is 0 Å². The van der Waals surface area contributed by atoms with Gasteiger partial charge in [0.05, 0.1) is 22.2 Å². The molecule has 1 rings (SSSR count). The van der Waals surface area contributed by atoms with Crippen LogP contribution < -0.4 is 10.6 Å². The second kappa shape index (κ2) is 7.72. The lowest BCUT2D eigenvalue weighted by Gasteiger charge is -2.07. The van der Waals surface area contributed by atoms with Crippen LogP contribution in [0, 0.1) is 0 Å². The number of esters is 1. The predicted molar refractivity (Wildman–Crippen MR) is 73.8 cm³/mol. The molecule has 0 saturated carbocycles. The molecule has 0 saturated heterocycles. The van der Waals surface area contributed by atoms with Crippen LogP contribution in [0.25, 0.3) is 0 Å². The zero-order valence-corrected chi connectivity index (χ0v) is 12.0. The molecule has 20 heavy (non-hydrogen) atoms. The van der Waals surface area contributed by atoms with Crippen LogP contribution in [0.2, 0.25) is 10.0 Å². The number of ether oxygens (including phenoxy) is 1. The van der Waals surface area contributed by atoms with Crippen LogP contribution in [-0.2, 0) is 14.3 Å². The number of halogens is 2. The highest BCUT2D eigenvalue weighted by Gasteiger charge is 2.15. The molecule has 0 aliphatic rings. The van der Waals surface area contributed by atoms with Gasteiger partial charge in [-0.3, -0.25) is 9.59 Å². The Labute approximate surface area is 125 Å². The van der Waals surface area contributed by atoms with Crippen molar-refractivity contribution in [2.45, 2.75) is 0 Å². The van der Waals surface area contributed by atoms with Gasteiger partial charge < -0.3 is 15.4 Å². The summed E-state index contributed by atoms with van der Waals surface area (Å²) in [6.45, 7) is -0.705. The first-order valence-corrected chi connectivity index (χ1v) is 6.29. The Balaban J connectivity index is 2.49. The Kier molecular flexibility index (Phi) is 6.27. The van der Waals surface area contributed by atoms with Gasteiger partial charge in [0.1, 0.15) is 0 Å². The van der Waals surface area contributed by atoms with E-state index in [9.17, 15) is 14.4 Å². The quantitative estimate of drug-likeness (QED) is 0.794. The van der Waals surface area contributed by atoms with Gasteiger partial charge in [0, 0.05) is 7.05 Å². The maximum absolute atomic E-state index is 11.7. The van der Waals surface area contributed by atoms with Crippen LogP contribution in [0.3, 0.4) is 0 Å². The van der Waals surface area contributed by atoms with E-state index in [1.807, 2.05) is 0 Å². The number of benzene rings is 1. The van der Waals surface area contributed by atoms with Crippen molar-refractivity contribution in [2.75, 3.05) is 20.2 Å². The molecular weight excluding hydrogens is 307 g/mol. The van der Waals surface area contributed by atoms with Crippen molar-refractivity contribution >= 4 is 41.0 Å². The Morgan fingerprint density at radius 1 is 1.20 bits per heavy atom. The van der Waals surface area contributed by atoms with Crippen LogP contribution >= 0.6 is 23.2 Å². The number of amides is 2. The van der Waals surface area contributed by atoms with Gasteiger partial charge in [0.25, 0.3) is 5.91 Å². The zero-order valence-electron chi connectivity index (χ0n) is 10.5. The molecule has 0 bridgehead atoms. The number of likely N-dealkylation sites (N-methyl/N-ethyl adjacent to an activating group) is 1. The summed E-state index contributed by atoms with van der Waals surface area (Å²) in [5.41, 5.74) is 0.0678. The fourth-order valence-electron chi connectivity index (χ4n) is 1.19. The van der Waals surface area contributed by atoms with Gasteiger partial charge in [-0.15, -0.1) is 0 Å². The maximum atomic E-state index is 11.7. The SMILES string of the molecule is CNC(=O)CNC(=O)COC(=O)c1cccc(Cl)c1Cl. The molecule has 2 N–H and O–H groups in total. The third-order valence-electron chi connectivity index (χ3n) is 2.23. The van der Waals surface area contributed by atoms with E-state index in [2.05, 4.69) is 10.6 Å². The first-order valence-electron chi connectivity index (χ1n) is 5.54. The lowest BCUT2D eigenvalue weighted by molar-refractivity contribution is -0.127. The van der Waals surface area contributed by atoms with E-state index in [4.69, 9.17) is 27.9 Å². The topological polar surface area (TPSA) is 84.5 Å². The van der Waals surface area contributed by atoms with Crippen molar-refractivity contribution in [1.82, 2.24) is 10.6 Å². The minimum Gasteiger partial charge on any atom is -0.452 e. The van der Waals surface area contributed by atoms with Gasteiger partial charge in [0.2, 0.25) is 5.91 Å². The normalized spacial score (nSPS) is 9.75. The van der Waals surface area contributed by atoms with E-state index in [1.54, 1.807) is 0 Å². The van der Waals surface area contributed by atoms with E-state index in [1.165, 1.54) is 25.2 Å². The molecule has 0 atom stereocenters. The van der Waals surface area contributed by atoms with Crippen LogP contribution in [0.15, 0.2) is 18.2 Å². The molecule has 1 aromatic carbocycles. The summed E-state index contributed by atoms with van der Waals surface area (Å²) < 4.78 is 4.77. The highest BCUT2D eigenvalue weighted by Crippen LogP contribution is 2.25. The molecule has 0 aliphatic heterocycles. The third-order valence-corrected chi connectivity index (χ3v) is 3.05. The smallest absolute Gasteiger partial charge is 0.340 e. The van der Waals surface area contributed by atoms with Crippen LogP contribution in [0.4, 0.5) is 0 Å². The van der Waals surface area contributed by atoms with Crippen LogP contribution in [0.5, 0.6) is 0 Å². The van der Waals surface area contributed by atoms with E-state index in [0.29, 0.717) is 0 Å². The minimum absolute atomic E-state index is 0.0601. The number of carbonyl (C=O) groups excluding carboxylic acids is 3. The summed E-state index contributed by atoms with van der Waals surface area (Å²) in [5, 5.41) is 4.88. The van der Waals surface area contributed by atoms with Crippen molar-refractivity contribution in [1.29, 1.82) is 0 Å². The maximum Gasteiger partial charge on any atom is 0.340 e. The minimum atomic E-state index is -0.771. The predicted octanol–water partition coefficient (Wildman–Crippen LogP) is 1.01. The van der Waals surface area contributed by atoms with Gasteiger partial charge in [-0.05, 0) is 12.1 Å². The second-order valence-corrected chi connectivity index (χ2v) is 4.41. The first-order chi connectivity index (χ1) is 9.45. The van der Waals surface area contributed by atoms with Crippen molar-refractivity contribution < 1.29 is 19.1 Å². The molecule has 0 radical (unpaired) electrons. The van der Waals surface area contributed by atoms with Gasteiger partial charge in [-0.2, -0.15) is 0 Å². The standard InChI is InChI=1S/C12H12Cl2N2O4/c1-15-9(17)5-16-10(18)6-20-12(19)7-3-2-4-8(13)11(7)14/h2-4H,5-6H2,1H3,(H,15,17)(H,16,18). The fourth-order valence-corrected chi connectivity index (χ4v) is 1.57.